The van der Waals surface area contributed by atoms with Crippen LogP contribution in [0.4, 0.5) is 9.59 Å². The molecule has 2 fully saturated rings. The normalized spacial score (nSPS) is 19.7. The van der Waals surface area contributed by atoms with Crippen molar-refractivity contribution < 1.29 is 57.5 Å². The topological polar surface area (TPSA) is 161 Å². The van der Waals surface area contributed by atoms with Crippen LogP contribution in [0.3, 0.4) is 0 Å². The van der Waals surface area contributed by atoms with Crippen LogP contribution in [-0.4, -0.2) is 59.7 Å². The van der Waals surface area contributed by atoms with Gasteiger partial charge in [-0.2, -0.15) is 0 Å². The number of ether oxygens (including phenoxy) is 6. The van der Waals surface area contributed by atoms with Gasteiger partial charge in [-0.25, -0.2) is 24.0 Å². The Labute approximate surface area is 201 Å². The lowest BCUT2D eigenvalue weighted by Crippen LogP contribution is -2.20. The number of hydrogen-bond donors (Lipinski definition) is 1. The lowest BCUT2D eigenvalue weighted by atomic mass is 10.1. The molecule has 0 radical (unpaired) electrons. The molecule has 2 rings (SSSR count). The summed E-state index contributed by atoms with van der Waals surface area (Å²) in [5.74, 6) is -1.73. The van der Waals surface area contributed by atoms with Crippen LogP contribution in [0.15, 0.2) is 48.5 Å². The molecule has 2 aliphatic rings. The fraction of sp³-hybridized carbons (Fsp3) is 0.435. The maximum absolute atomic E-state index is 11.6. The second-order valence-electron chi connectivity index (χ2n) is 7.85. The third kappa shape index (κ3) is 10.6. The van der Waals surface area contributed by atoms with Crippen LogP contribution in [-0.2, 0) is 42.8 Å². The van der Waals surface area contributed by atoms with Crippen LogP contribution in [0, 0.1) is 0 Å². The van der Waals surface area contributed by atoms with Crippen molar-refractivity contribution in [3.05, 3.63) is 48.5 Å². The zero-order valence-corrected chi connectivity index (χ0v) is 19.9. The minimum absolute atomic E-state index is 0.0273. The molecular formula is C23H28O12. The fourth-order valence-electron chi connectivity index (χ4n) is 2.49. The third-order valence-electron chi connectivity index (χ3n) is 4.16. The van der Waals surface area contributed by atoms with Crippen LogP contribution in [0.2, 0.25) is 0 Å². The predicted octanol–water partition coefficient (Wildman–Crippen LogP) is 3.32. The molecule has 1 N–H and O–H groups in total. The molecule has 0 aromatic heterocycles. The molecule has 2 heterocycles. The van der Waals surface area contributed by atoms with Crippen LogP contribution >= 0.6 is 0 Å². The molecule has 0 bridgehead atoms. The number of aliphatic carboxylic acids is 1. The van der Waals surface area contributed by atoms with Crippen molar-refractivity contribution in [2.24, 2.45) is 0 Å². The minimum atomic E-state index is -0.981. The van der Waals surface area contributed by atoms with Gasteiger partial charge in [0.15, 0.2) is 22.7 Å². The van der Waals surface area contributed by atoms with Gasteiger partial charge in [0, 0.05) is 31.1 Å². The molecule has 12 nitrogen and oxygen atoms in total. The van der Waals surface area contributed by atoms with Crippen molar-refractivity contribution in [1.29, 1.82) is 0 Å². The molecule has 2 aliphatic heterocycles. The molecule has 0 unspecified atom stereocenters. The van der Waals surface area contributed by atoms with E-state index in [0.29, 0.717) is 24.4 Å². The molecule has 0 aromatic rings. The molecule has 2 saturated heterocycles. The van der Waals surface area contributed by atoms with Crippen LogP contribution in [0.5, 0.6) is 0 Å². The number of carbonyl (C=O) groups is 5. The van der Waals surface area contributed by atoms with E-state index in [1.54, 1.807) is 39.8 Å². The van der Waals surface area contributed by atoms with E-state index in [1.807, 2.05) is 0 Å². The zero-order chi connectivity index (χ0) is 26.6. The van der Waals surface area contributed by atoms with Crippen molar-refractivity contribution in [3.63, 3.8) is 0 Å². The summed E-state index contributed by atoms with van der Waals surface area (Å²) >= 11 is 0. The average Bonchev–Trinajstić information content (AvgIpc) is 3.17. The van der Waals surface area contributed by atoms with Gasteiger partial charge < -0.3 is 33.5 Å². The summed E-state index contributed by atoms with van der Waals surface area (Å²) in [6.07, 6.45) is 4.98. The highest BCUT2D eigenvalue weighted by Crippen LogP contribution is 2.30. The molecule has 0 amide bonds. The van der Waals surface area contributed by atoms with Gasteiger partial charge in [0.25, 0.3) is 0 Å². The Kier molecular flexibility index (Phi) is 10.7. The van der Waals surface area contributed by atoms with Crippen molar-refractivity contribution in [1.82, 2.24) is 0 Å². The number of carboxylic acids is 1. The van der Waals surface area contributed by atoms with E-state index >= 15 is 0 Å². The van der Waals surface area contributed by atoms with E-state index in [4.69, 9.17) is 33.5 Å². The maximum atomic E-state index is 11.6. The molecule has 0 atom stereocenters. The highest BCUT2D eigenvalue weighted by molar-refractivity contribution is 5.91. The first-order valence-electron chi connectivity index (χ1n) is 10.4. The Morgan fingerprint density at radius 2 is 1.17 bits per heavy atom. The molecular weight excluding hydrogens is 468 g/mol. The lowest BCUT2D eigenvalue weighted by molar-refractivity contribution is -0.140. The zero-order valence-electron chi connectivity index (χ0n) is 19.9. The molecule has 0 saturated carbocycles. The first-order valence-corrected chi connectivity index (χ1v) is 10.4. The molecule has 12 heteroatoms. The van der Waals surface area contributed by atoms with E-state index in [9.17, 15) is 24.0 Å². The van der Waals surface area contributed by atoms with Gasteiger partial charge in [0.05, 0.1) is 13.2 Å². The summed E-state index contributed by atoms with van der Waals surface area (Å²) in [7, 11) is 0. The van der Waals surface area contributed by atoms with Crippen LogP contribution in [0.1, 0.15) is 40.5 Å². The molecule has 192 valence electrons. The second-order valence-corrected chi connectivity index (χ2v) is 7.85. The summed E-state index contributed by atoms with van der Waals surface area (Å²) in [4.78, 5) is 54.7. The number of hydrogen-bond acceptors (Lipinski definition) is 11. The Morgan fingerprint density at radius 1 is 0.829 bits per heavy atom. The van der Waals surface area contributed by atoms with Crippen molar-refractivity contribution >= 4 is 30.2 Å². The first kappa shape index (κ1) is 28.9. The van der Waals surface area contributed by atoms with Gasteiger partial charge >= 0.3 is 30.2 Å². The van der Waals surface area contributed by atoms with Crippen molar-refractivity contribution in [3.8, 4) is 0 Å². The summed E-state index contributed by atoms with van der Waals surface area (Å²) in [5, 5.41) is 7.60. The van der Waals surface area contributed by atoms with E-state index in [0.717, 1.165) is 18.2 Å². The van der Waals surface area contributed by atoms with Crippen LogP contribution in [0.25, 0.3) is 0 Å². The quantitative estimate of drug-likeness (QED) is 0.215. The van der Waals surface area contributed by atoms with Crippen molar-refractivity contribution in [2.75, 3.05) is 13.2 Å². The Bertz CT molecular complexity index is 870. The minimum Gasteiger partial charge on any atom is -0.478 e. The van der Waals surface area contributed by atoms with E-state index in [2.05, 4.69) is 6.58 Å². The third-order valence-corrected chi connectivity index (χ3v) is 4.16. The Hall–Kier alpha value is -4.09. The van der Waals surface area contributed by atoms with E-state index < -0.39 is 41.4 Å². The smallest absolute Gasteiger partial charge is 0.478 e. The van der Waals surface area contributed by atoms with Crippen LogP contribution < -0.4 is 0 Å². The first-order chi connectivity index (χ1) is 16.3. The number of rotatable bonds is 9. The fourth-order valence-corrected chi connectivity index (χ4v) is 2.49. The summed E-state index contributed by atoms with van der Waals surface area (Å²) in [6.45, 7) is 9.72. The van der Waals surface area contributed by atoms with Gasteiger partial charge in [-0.15, -0.1) is 0 Å². The predicted molar refractivity (Wildman–Crippen MR) is 118 cm³/mol. The molecule has 0 spiro atoms. The molecule has 35 heavy (non-hydrogen) atoms. The van der Waals surface area contributed by atoms with Gasteiger partial charge in [-0.05, 0) is 39.8 Å². The molecule has 0 aliphatic carbocycles. The largest absolute Gasteiger partial charge is 0.514 e. The van der Waals surface area contributed by atoms with Gasteiger partial charge in [0.2, 0.25) is 0 Å². The summed E-state index contributed by atoms with van der Waals surface area (Å²) < 4.78 is 29.6. The van der Waals surface area contributed by atoms with Gasteiger partial charge in [-0.3, -0.25) is 0 Å². The van der Waals surface area contributed by atoms with Gasteiger partial charge in [0.1, 0.15) is 0 Å². The number of cyclic esters (lactones) is 4. The summed E-state index contributed by atoms with van der Waals surface area (Å²) in [6, 6.07) is 0. The Morgan fingerprint density at radius 3 is 1.43 bits per heavy atom. The average molecular weight is 496 g/mol. The number of esters is 2. The SMILES string of the molecule is C=CC(=O)O.CC1(C)OC(=O)OC1=CCCOC(=O)/C=C/C(=O)OCCC=C1OC(=O)OC1(C)C. The van der Waals surface area contributed by atoms with E-state index in [-0.39, 0.29) is 13.2 Å². The lowest BCUT2D eigenvalue weighted by Gasteiger charge is -2.13. The Balaban J connectivity index is 0.00000111. The highest BCUT2D eigenvalue weighted by atomic mass is 16.8. The number of carboxylic acid groups (broad SMARTS) is 1. The molecule has 0 aromatic carbocycles. The van der Waals surface area contributed by atoms with Gasteiger partial charge in [-0.1, -0.05) is 6.58 Å². The standard InChI is InChI=1S/C20H24O10.C3H4O2/c1-19(2)13(27-17(23)29-19)7-5-11-25-15(21)9-10-16(22)26-12-6-8-14-20(3,4)30-18(24)28-14;1-2-3(4)5/h7-10H,5-6,11-12H2,1-4H3;2H,1H2,(H,4,5)/b10-9+,13-7?,14-8?;. The summed E-state index contributed by atoms with van der Waals surface area (Å²) in [5.41, 5.74) is -1.72. The second kappa shape index (κ2) is 13.0. The van der Waals surface area contributed by atoms with Crippen molar-refractivity contribution in [2.45, 2.75) is 51.7 Å². The van der Waals surface area contributed by atoms with E-state index in [1.165, 1.54) is 0 Å². The highest BCUT2D eigenvalue weighted by Gasteiger charge is 2.39. The monoisotopic (exact) mass is 496 g/mol. The number of carbonyl (C=O) groups excluding carboxylic acids is 4. The maximum Gasteiger partial charge on any atom is 0.514 e.